The van der Waals surface area contributed by atoms with Gasteiger partial charge >= 0.3 is 36.0 Å². The Hall–Kier alpha value is -5.69. The number of nitrogens with zero attached hydrogens (tertiary/aromatic N) is 4. The van der Waals surface area contributed by atoms with Crippen LogP contribution in [0.2, 0.25) is 0 Å². The molecule has 364 valence electrons. The van der Waals surface area contributed by atoms with Crippen molar-refractivity contribution >= 4 is 83.8 Å². The van der Waals surface area contributed by atoms with Crippen molar-refractivity contribution in [1.29, 1.82) is 0 Å². The summed E-state index contributed by atoms with van der Waals surface area (Å²) in [4.78, 5) is 81.8. The first kappa shape index (κ1) is 55.6. The van der Waals surface area contributed by atoms with Crippen LogP contribution in [0.1, 0.15) is 67.3 Å². The van der Waals surface area contributed by atoms with E-state index in [-0.39, 0.29) is 57.1 Å². The van der Waals surface area contributed by atoms with Gasteiger partial charge in [-0.25, -0.2) is 9.59 Å². The van der Waals surface area contributed by atoms with Crippen molar-refractivity contribution in [3.63, 3.8) is 0 Å². The molecule has 16 nitrogen and oxygen atoms in total. The highest BCUT2D eigenvalue weighted by Gasteiger charge is 2.33. The van der Waals surface area contributed by atoms with E-state index in [0.717, 1.165) is 16.1 Å². The van der Waals surface area contributed by atoms with E-state index in [2.05, 4.69) is 53.7 Å². The van der Waals surface area contributed by atoms with E-state index in [1.165, 1.54) is 73.5 Å². The van der Waals surface area contributed by atoms with Crippen molar-refractivity contribution in [1.82, 2.24) is 18.3 Å². The average molecular weight is 1150 g/mol. The van der Waals surface area contributed by atoms with Crippen molar-refractivity contribution in [2.45, 2.75) is 72.3 Å². The minimum Gasteiger partial charge on any atom is -0.481 e. The minimum atomic E-state index is -4.83. The van der Waals surface area contributed by atoms with E-state index in [4.69, 9.17) is 19.4 Å². The maximum absolute atomic E-state index is 13.0. The SMILES string of the molecule is BrBr.CC(=O)O.CC(=O)OCCCn1c(=O)c2c(n(C)c1=O)C(Br)=C(c1cccc(OC(F)(F)F)c1)C2.CC(=O)OCCCn1c(=O)c2c(n(C)c1=O)C=C(c1cccc(OC(F)(F)F)c1)C2. The number of fused-ring (bicyclic) bond motifs is 2. The third-order valence-corrected chi connectivity index (χ3v) is 10.2. The number of alkyl halides is 6. The molecule has 0 unspecified atom stereocenters. The molecule has 0 radical (unpaired) electrons. The lowest BCUT2D eigenvalue weighted by atomic mass is 10.0. The van der Waals surface area contributed by atoms with Crippen LogP contribution in [0.3, 0.4) is 0 Å². The molecule has 2 aliphatic carbocycles. The van der Waals surface area contributed by atoms with Crippen LogP contribution in [0, 0.1) is 0 Å². The molecule has 2 heterocycles. The van der Waals surface area contributed by atoms with Crippen molar-refractivity contribution < 1.29 is 64.8 Å². The Kier molecular flexibility index (Phi) is 20.2. The normalized spacial score (nSPS) is 12.5. The van der Waals surface area contributed by atoms with Crippen molar-refractivity contribution in [3.05, 3.63) is 124 Å². The van der Waals surface area contributed by atoms with Gasteiger partial charge < -0.3 is 24.1 Å². The van der Waals surface area contributed by atoms with Gasteiger partial charge in [-0.05, 0) is 81.4 Å². The van der Waals surface area contributed by atoms with Gasteiger partial charge in [0.1, 0.15) is 11.5 Å². The molecule has 0 saturated carbocycles. The van der Waals surface area contributed by atoms with Crippen LogP contribution in [0.4, 0.5) is 26.3 Å². The summed E-state index contributed by atoms with van der Waals surface area (Å²) in [6.45, 7) is 3.91. The molecule has 0 aliphatic heterocycles. The Morgan fingerprint density at radius 1 is 0.687 bits per heavy atom. The molecule has 0 fully saturated rings. The van der Waals surface area contributed by atoms with Crippen LogP contribution < -0.4 is 32.0 Å². The Morgan fingerprint density at radius 3 is 1.58 bits per heavy atom. The fourth-order valence-corrected chi connectivity index (χ4v) is 7.60. The van der Waals surface area contributed by atoms with Gasteiger partial charge in [0.2, 0.25) is 0 Å². The average Bonchev–Trinajstić information content (AvgIpc) is 3.84. The van der Waals surface area contributed by atoms with E-state index in [9.17, 15) is 55.1 Å². The maximum atomic E-state index is 13.0. The van der Waals surface area contributed by atoms with Gasteiger partial charge in [0.05, 0.1) is 24.6 Å². The molecule has 2 aliphatic rings. The van der Waals surface area contributed by atoms with Crippen LogP contribution in [-0.2, 0) is 63.9 Å². The standard InChI is InChI=1S/C20H18BrF3N2O5.C20H19F3N2O5.C2H4O2.Br2/c1-11(27)30-8-4-7-26-18(28)15-10-14(16(21)17(15)25(2)19(26)29)12-5-3-6-13(9-12)31-20(22,23)24;1-12(26)29-8-4-7-25-18(27)16-10-14(11-17(16)24(2)19(25)28)13-5-3-6-15(9-13)30-20(21,22)23;1-2(3)4;1-2/h3,5-6,9H,4,7-8,10H2,1-2H3;3,5-6,9,11H,4,7-8,10H2,1-2H3;1H3,(H,3,4);. The molecule has 1 N–H and O–H groups in total. The second-order valence-electron chi connectivity index (χ2n) is 14.2. The molecule has 6 rings (SSSR count). The van der Waals surface area contributed by atoms with Gasteiger partial charge in [-0.2, -0.15) is 0 Å². The lowest BCUT2D eigenvalue weighted by Gasteiger charge is -2.12. The monoisotopic (exact) mass is 1140 g/mol. The number of ether oxygens (including phenoxy) is 4. The predicted molar refractivity (Wildman–Crippen MR) is 243 cm³/mol. The van der Waals surface area contributed by atoms with E-state index in [0.29, 0.717) is 55.7 Å². The van der Waals surface area contributed by atoms with Gasteiger partial charge in [-0.15, -0.1) is 26.3 Å². The molecule has 0 atom stereocenters. The van der Waals surface area contributed by atoms with Crippen LogP contribution in [0.15, 0.2) is 67.7 Å². The molecule has 67 heavy (non-hydrogen) atoms. The number of hydrogen-bond acceptors (Lipinski definition) is 11. The Balaban J connectivity index is 0.000000318. The van der Waals surface area contributed by atoms with E-state index < -0.39 is 53.1 Å². The summed E-state index contributed by atoms with van der Waals surface area (Å²) in [6, 6.07) is 10.9. The number of halogens is 9. The number of hydrogen-bond donors (Lipinski definition) is 1. The highest BCUT2D eigenvalue weighted by Crippen LogP contribution is 2.41. The summed E-state index contributed by atoms with van der Waals surface area (Å²) < 4.78 is 97.9. The first-order chi connectivity index (χ1) is 31.3. The minimum absolute atomic E-state index is 0.0634. The third-order valence-electron chi connectivity index (χ3n) is 9.36. The van der Waals surface area contributed by atoms with E-state index in [1.54, 1.807) is 18.2 Å². The molecule has 25 heteroatoms. The zero-order valence-corrected chi connectivity index (χ0v) is 40.7. The highest BCUT2D eigenvalue weighted by molar-refractivity contribution is 9.93. The van der Waals surface area contributed by atoms with Gasteiger partial charge in [-0.1, -0.05) is 24.3 Å². The number of aromatic nitrogens is 4. The van der Waals surface area contributed by atoms with E-state index in [1.807, 2.05) is 0 Å². The number of carbonyl (C=O) groups is 3. The van der Waals surface area contributed by atoms with Gasteiger partial charge in [0, 0.05) is 105 Å². The van der Waals surface area contributed by atoms with Crippen molar-refractivity contribution in [3.8, 4) is 11.5 Å². The summed E-state index contributed by atoms with van der Waals surface area (Å²) in [7, 11) is 3.03. The summed E-state index contributed by atoms with van der Waals surface area (Å²) >= 11 is 8.90. The number of esters is 2. The predicted octanol–water partition coefficient (Wildman–Crippen LogP) is 7.50. The van der Waals surface area contributed by atoms with Crippen LogP contribution in [-0.4, -0.2) is 67.2 Å². The molecular formula is C42H41Br3F6N4O12. The van der Waals surface area contributed by atoms with Crippen molar-refractivity contribution in [2.24, 2.45) is 14.1 Å². The molecule has 2 aromatic carbocycles. The molecule has 0 saturated heterocycles. The number of carbonyl (C=O) groups excluding carboxylic acids is 2. The van der Waals surface area contributed by atoms with Gasteiger partial charge in [0.15, 0.2) is 0 Å². The zero-order valence-electron chi connectivity index (χ0n) is 36.0. The summed E-state index contributed by atoms with van der Waals surface area (Å²) in [5.41, 5.74) is 1.55. The smallest absolute Gasteiger partial charge is 0.481 e. The Morgan fingerprint density at radius 2 is 1.12 bits per heavy atom. The fourth-order valence-electron chi connectivity index (χ4n) is 6.73. The molecule has 4 aromatic rings. The van der Waals surface area contributed by atoms with Gasteiger partial charge in [0.25, 0.3) is 17.1 Å². The molecule has 0 bridgehead atoms. The molecule has 0 spiro atoms. The number of allylic oxidation sites excluding steroid dienone is 2. The van der Waals surface area contributed by atoms with Gasteiger partial charge in [-0.3, -0.25) is 42.2 Å². The Labute approximate surface area is 400 Å². The lowest BCUT2D eigenvalue weighted by Crippen LogP contribution is -2.42. The number of carboxylic acid groups (broad SMARTS) is 1. The molecule has 0 amide bonds. The fraction of sp³-hybridized carbons (Fsp3) is 0.357. The van der Waals surface area contributed by atoms with Crippen LogP contribution >= 0.6 is 44.2 Å². The highest BCUT2D eigenvalue weighted by atomic mass is 80.9. The Bertz CT molecular complexity index is 2790. The largest absolute Gasteiger partial charge is 0.573 e. The first-order valence-electron chi connectivity index (χ1n) is 19.4. The number of rotatable bonds is 12. The molecular weight excluding hydrogens is 1110 g/mol. The summed E-state index contributed by atoms with van der Waals surface area (Å²) in [6.07, 6.45) is -7.14. The number of benzene rings is 2. The lowest BCUT2D eigenvalue weighted by molar-refractivity contribution is -0.275. The quantitative estimate of drug-likeness (QED) is 0.0835. The topological polar surface area (TPSA) is 196 Å². The third kappa shape index (κ3) is 15.7. The van der Waals surface area contributed by atoms with Crippen LogP contribution in [0.5, 0.6) is 11.5 Å². The maximum Gasteiger partial charge on any atom is 0.573 e. The summed E-state index contributed by atoms with van der Waals surface area (Å²) in [5, 5.41) is 7.42. The number of aliphatic carboxylic acids is 1. The van der Waals surface area contributed by atoms with Crippen LogP contribution in [0.25, 0.3) is 21.7 Å². The first-order valence-corrected chi connectivity index (χ1v) is 23.9. The second-order valence-corrected chi connectivity index (χ2v) is 15.0. The second kappa shape index (κ2) is 24.4. The zero-order chi connectivity index (χ0) is 50.6. The van der Waals surface area contributed by atoms with E-state index >= 15 is 0 Å². The van der Waals surface area contributed by atoms with Crippen molar-refractivity contribution in [2.75, 3.05) is 13.2 Å². The molecule has 2 aromatic heterocycles. The number of carboxylic acids is 1. The summed E-state index contributed by atoms with van der Waals surface area (Å²) in [5.74, 6) is -2.49.